The van der Waals surface area contributed by atoms with Gasteiger partial charge in [-0.15, -0.1) is 0 Å². The third-order valence-corrected chi connectivity index (χ3v) is 4.23. The molecule has 0 aliphatic carbocycles. The van der Waals surface area contributed by atoms with Crippen molar-refractivity contribution in [2.75, 3.05) is 0 Å². The zero-order chi connectivity index (χ0) is 17.9. The molecule has 0 fully saturated rings. The first-order chi connectivity index (χ1) is 12.7. The normalized spacial score (nSPS) is 12.2. The molecular weight excluding hydrogens is 330 g/mol. The van der Waals surface area contributed by atoms with Crippen molar-refractivity contribution in [2.45, 2.75) is 19.5 Å². The molecule has 1 aromatic carbocycles. The summed E-state index contributed by atoms with van der Waals surface area (Å²) in [5.74, 6) is 0.549. The summed E-state index contributed by atoms with van der Waals surface area (Å²) in [6.07, 6.45) is 6.40. The van der Waals surface area contributed by atoms with Crippen LogP contribution in [0.2, 0.25) is 0 Å². The quantitative estimate of drug-likeness (QED) is 0.595. The third kappa shape index (κ3) is 2.92. The number of hydrogen-bond donors (Lipinski definition) is 1. The SMILES string of the molecule is CC(C(=O)NCc1cccnc1-n1cncn1)n1cnc2ccccc21. The second kappa shape index (κ2) is 6.75. The number of imidazole rings is 1. The number of carbonyl (C=O) groups excluding carboxylic acids is 1. The fourth-order valence-corrected chi connectivity index (χ4v) is 2.84. The molecule has 4 rings (SSSR count). The van der Waals surface area contributed by atoms with Gasteiger partial charge in [0, 0.05) is 18.3 Å². The van der Waals surface area contributed by atoms with Crippen LogP contribution in [0.15, 0.2) is 61.6 Å². The van der Waals surface area contributed by atoms with Gasteiger partial charge in [0.05, 0.1) is 17.4 Å². The van der Waals surface area contributed by atoms with E-state index in [9.17, 15) is 4.79 Å². The molecule has 0 saturated heterocycles. The van der Waals surface area contributed by atoms with Gasteiger partial charge in [-0.25, -0.2) is 19.6 Å². The average Bonchev–Trinajstić information content (AvgIpc) is 3.35. The maximum atomic E-state index is 12.6. The number of carbonyl (C=O) groups is 1. The molecule has 130 valence electrons. The zero-order valence-corrected chi connectivity index (χ0v) is 14.1. The van der Waals surface area contributed by atoms with Crippen molar-refractivity contribution < 1.29 is 4.79 Å². The van der Waals surface area contributed by atoms with Crippen molar-refractivity contribution in [3.8, 4) is 5.82 Å². The Kier molecular flexibility index (Phi) is 4.14. The molecular formula is C18H17N7O. The monoisotopic (exact) mass is 347 g/mol. The molecule has 0 aliphatic heterocycles. The van der Waals surface area contributed by atoms with Crippen molar-refractivity contribution in [1.82, 2.24) is 34.6 Å². The largest absolute Gasteiger partial charge is 0.350 e. The number of nitrogens with one attached hydrogen (secondary N) is 1. The van der Waals surface area contributed by atoms with Crippen molar-refractivity contribution in [3.63, 3.8) is 0 Å². The highest BCUT2D eigenvalue weighted by molar-refractivity contribution is 5.83. The van der Waals surface area contributed by atoms with Crippen LogP contribution in [0.25, 0.3) is 16.9 Å². The molecule has 0 saturated carbocycles. The number of hydrogen-bond acceptors (Lipinski definition) is 5. The predicted octanol–water partition coefficient (Wildman–Crippen LogP) is 1.89. The number of nitrogens with zero attached hydrogens (tertiary/aromatic N) is 6. The Morgan fingerprint density at radius 3 is 2.88 bits per heavy atom. The van der Waals surface area contributed by atoms with Gasteiger partial charge in [0.2, 0.25) is 5.91 Å². The van der Waals surface area contributed by atoms with Crippen LogP contribution in [0.3, 0.4) is 0 Å². The Morgan fingerprint density at radius 1 is 1.15 bits per heavy atom. The van der Waals surface area contributed by atoms with Crippen LogP contribution in [0.5, 0.6) is 0 Å². The van der Waals surface area contributed by atoms with E-state index in [-0.39, 0.29) is 11.9 Å². The summed E-state index contributed by atoms with van der Waals surface area (Å²) in [5, 5.41) is 7.07. The molecule has 3 heterocycles. The second-order valence-electron chi connectivity index (χ2n) is 5.86. The van der Waals surface area contributed by atoms with Gasteiger partial charge >= 0.3 is 0 Å². The van der Waals surface area contributed by atoms with E-state index in [1.165, 1.54) is 6.33 Å². The van der Waals surface area contributed by atoms with Crippen LogP contribution in [-0.4, -0.2) is 35.2 Å². The van der Waals surface area contributed by atoms with E-state index < -0.39 is 0 Å². The number of rotatable bonds is 5. The van der Waals surface area contributed by atoms with E-state index in [2.05, 4.69) is 25.4 Å². The lowest BCUT2D eigenvalue weighted by Crippen LogP contribution is -2.30. The third-order valence-electron chi connectivity index (χ3n) is 4.23. The first-order valence-electron chi connectivity index (χ1n) is 8.22. The number of amides is 1. The van der Waals surface area contributed by atoms with Crippen molar-refractivity contribution in [2.24, 2.45) is 0 Å². The minimum Gasteiger partial charge on any atom is -0.350 e. The molecule has 1 amide bonds. The van der Waals surface area contributed by atoms with Crippen LogP contribution in [0.1, 0.15) is 18.5 Å². The fraction of sp³-hybridized carbons (Fsp3) is 0.167. The van der Waals surface area contributed by atoms with Gasteiger partial charge in [-0.1, -0.05) is 18.2 Å². The van der Waals surface area contributed by atoms with E-state index in [0.717, 1.165) is 16.6 Å². The van der Waals surface area contributed by atoms with E-state index >= 15 is 0 Å². The molecule has 0 aliphatic rings. The van der Waals surface area contributed by atoms with Crippen molar-refractivity contribution in [1.29, 1.82) is 0 Å². The Bertz CT molecular complexity index is 1040. The maximum absolute atomic E-state index is 12.6. The number of aromatic nitrogens is 6. The summed E-state index contributed by atoms with van der Waals surface area (Å²) >= 11 is 0. The van der Waals surface area contributed by atoms with Gasteiger partial charge in [0.25, 0.3) is 0 Å². The van der Waals surface area contributed by atoms with Gasteiger partial charge in [-0.05, 0) is 25.1 Å². The van der Waals surface area contributed by atoms with Gasteiger partial charge in [-0.3, -0.25) is 4.79 Å². The first-order valence-corrected chi connectivity index (χ1v) is 8.22. The van der Waals surface area contributed by atoms with Crippen molar-refractivity contribution >= 4 is 16.9 Å². The lowest BCUT2D eigenvalue weighted by Gasteiger charge is -2.15. The lowest BCUT2D eigenvalue weighted by molar-refractivity contribution is -0.123. The summed E-state index contributed by atoms with van der Waals surface area (Å²) in [6.45, 7) is 2.20. The highest BCUT2D eigenvalue weighted by Gasteiger charge is 2.17. The standard InChI is InChI=1S/C18H17N7O/c1-13(24-12-22-15-6-2-3-7-16(15)24)18(26)21-9-14-5-4-8-20-17(14)25-11-19-10-23-25/h2-8,10-13H,9H2,1H3,(H,21,26). The van der Waals surface area contributed by atoms with Gasteiger partial charge in [0.1, 0.15) is 18.7 Å². The van der Waals surface area contributed by atoms with E-state index in [1.54, 1.807) is 23.5 Å². The Balaban J connectivity index is 1.51. The minimum atomic E-state index is -0.381. The topological polar surface area (TPSA) is 90.5 Å². The smallest absolute Gasteiger partial charge is 0.243 e. The van der Waals surface area contributed by atoms with Crippen LogP contribution >= 0.6 is 0 Å². The fourth-order valence-electron chi connectivity index (χ4n) is 2.84. The Morgan fingerprint density at radius 2 is 2.04 bits per heavy atom. The van der Waals surface area contributed by atoms with Gasteiger partial charge < -0.3 is 9.88 Å². The van der Waals surface area contributed by atoms with Crippen LogP contribution in [0, 0.1) is 0 Å². The highest BCUT2D eigenvalue weighted by Crippen LogP contribution is 2.17. The van der Waals surface area contributed by atoms with E-state index in [4.69, 9.17) is 0 Å². The number of pyridine rings is 1. The zero-order valence-electron chi connectivity index (χ0n) is 14.1. The summed E-state index contributed by atoms with van der Waals surface area (Å²) in [5.41, 5.74) is 2.65. The summed E-state index contributed by atoms with van der Waals surface area (Å²) < 4.78 is 3.44. The number of para-hydroxylation sites is 2. The highest BCUT2D eigenvalue weighted by atomic mass is 16.2. The van der Waals surface area contributed by atoms with E-state index in [1.807, 2.05) is 47.9 Å². The maximum Gasteiger partial charge on any atom is 0.243 e. The number of fused-ring (bicyclic) bond motifs is 1. The molecule has 8 nitrogen and oxygen atoms in total. The van der Waals surface area contributed by atoms with Crippen LogP contribution in [-0.2, 0) is 11.3 Å². The second-order valence-corrected chi connectivity index (χ2v) is 5.86. The van der Waals surface area contributed by atoms with Crippen molar-refractivity contribution in [3.05, 3.63) is 67.1 Å². The van der Waals surface area contributed by atoms with Crippen LogP contribution in [0.4, 0.5) is 0 Å². The molecule has 8 heteroatoms. The first kappa shape index (κ1) is 15.9. The van der Waals surface area contributed by atoms with Crippen LogP contribution < -0.4 is 5.32 Å². The lowest BCUT2D eigenvalue weighted by atomic mass is 10.2. The summed E-state index contributed by atoms with van der Waals surface area (Å²) in [4.78, 5) is 25.3. The molecule has 0 spiro atoms. The molecule has 1 unspecified atom stereocenters. The number of benzene rings is 1. The Hall–Kier alpha value is -3.55. The average molecular weight is 347 g/mol. The predicted molar refractivity (Wildman–Crippen MR) is 95.4 cm³/mol. The van der Waals surface area contributed by atoms with E-state index in [0.29, 0.717) is 12.4 Å². The minimum absolute atomic E-state index is 0.0958. The molecule has 1 N–H and O–H groups in total. The summed E-state index contributed by atoms with van der Waals surface area (Å²) in [7, 11) is 0. The summed E-state index contributed by atoms with van der Waals surface area (Å²) in [6, 6.07) is 11.1. The van der Waals surface area contributed by atoms with Gasteiger partial charge in [0.15, 0.2) is 5.82 Å². The molecule has 0 bridgehead atoms. The van der Waals surface area contributed by atoms with Gasteiger partial charge in [-0.2, -0.15) is 5.10 Å². The molecule has 3 aromatic heterocycles. The molecule has 26 heavy (non-hydrogen) atoms. The molecule has 4 aromatic rings. The Labute approximate surface area is 149 Å². The molecule has 1 atom stereocenters. The molecule has 0 radical (unpaired) electrons.